The molecule has 3 rings (SSSR count). The number of alkyl halides is 2. The number of amides is 1. The molecule has 3 aromatic heterocycles. The van der Waals surface area contributed by atoms with E-state index in [1.807, 2.05) is 12.1 Å². The molecule has 25 heavy (non-hydrogen) atoms. The topological polar surface area (TPSA) is 51.0 Å². The third kappa shape index (κ3) is 3.81. The van der Waals surface area contributed by atoms with E-state index in [-0.39, 0.29) is 24.6 Å². The first kappa shape index (κ1) is 17.0. The zero-order chi connectivity index (χ0) is 17.8. The Morgan fingerprint density at radius 3 is 2.72 bits per heavy atom. The zero-order valence-corrected chi connectivity index (χ0v) is 13.8. The van der Waals surface area contributed by atoms with Crippen LogP contribution in [0.15, 0.2) is 48.9 Å². The van der Waals surface area contributed by atoms with Crippen LogP contribution in [-0.4, -0.2) is 32.4 Å². The lowest BCUT2D eigenvalue weighted by Gasteiger charge is -2.18. The van der Waals surface area contributed by atoms with Gasteiger partial charge in [0.25, 0.3) is 6.43 Å². The minimum absolute atomic E-state index is 0.113. The van der Waals surface area contributed by atoms with Crippen LogP contribution in [0.4, 0.5) is 8.78 Å². The van der Waals surface area contributed by atoms with E-state index in [1.165, 1.54) is 10.6 Å². The standard InChI is InChI=1S/C18H18F2N4O/c1-23(12-13-4-8-21-9-5-13)16(25)6-10-24-15(17(19)20)11-14-3-2-7-22-18(14)24/h2-5,7-9,11,17H,6,10,12H2,1H3. The molecule has 0 bridgehead atoms. The highest BCUT2D eigenvalue weighted by Gasteiger charge is 2.19. The molecule has 0 atom stereocenters. The first-order valence-electron chi connectivity index (χ1n) is 7.91. The molecule has 0 aliphatic carbocycles. The van der Waals surface area contributed by atoms with Crippen molar-refractivity contribution < 1.29 is 13.6 Å². The van der Waals surface area contributed by atoms with Crippen molar-refractivity contribution in [3.8, 4) is 0 Å². The van der Waals surface area contributed by atoms with Crippen molar-refractivity contribution in [2.75, 3.05) is 7.05 Å². The van der Waals surface area contributed by atoms with Gasteiger partial charge in [-0.2, -0.15) is 0 Å². The van der Waals surface area contributed by atoms with Gasteiger partial charge in [-0.25, -0.2) is 13.8 Å². The van der Waals surface area contributed by atoms with E-state index in [1.54, 1.807) is 42.7 Å². The van der Waals surface area contributed by atoms with E-state index in [4.69, 9.17) is 0 Å². The van der Waals surface area contributed by atoms with E-state index in [2.05, 4.69) is 9.97 Å². The summed E-state index contributed by atoms with van der Waals surface area (Å²) in [4.78, 5) is 22.0. The van der Waals surface area contributed by atoms with Crippen molar-refractivity contribution >= 4 is 16.9 Å². The normalized spacial score (nSPS) is 11.2. The van der Waals surface area contributed by atoms with Gasteiger partial charge in [0, 0.05) is 50.5 Å². The fourth-order valence-electron chi connectivity index (χ4n) is 2.77. The number of nitrogens with zero attached hydrogens (tertiary/aromatic N) is 4. The number of carbonyl (C=O) groups is 1. The average Bonchev–Trinajstić information content (AvgIpc) is 2.99. The van der Waals surface area contributed by atoms with Gasteiger partial charge in [-0.1, -0.05) is 0 Å². The average molecular weight is 344 g/mol. The summed E-state index contributed by atoms with van der Waals surface area (Å²) in [5.41, 5.74) is 1.33. The third-order valence-electron chi connectivity index (χ3n) is 4.06. The summed E-state index contributed by atoms with van der Waals surface area (Å²) in [6.45, 7) is 0.618. The number of aryl methyl sites for hydroxylation is 1. The Morgan fingerprint density at radius 2 is 2.00 bits per heavy atom. The van der Waals surface area contributed by atoms with Crippen LogP contribution >= 0.6 is 0 Å². The Kier molecular flexibility index (Phi) is 5.02. The molecule has 0 radical (unpaired) electrons. The van der Waals surface area contributed by atoms with Gasteiger partial charge in [0.15, 0.2) is 0 Å². The third-order valence-corrected chi connectivity index (χ3v) is 4.06. The largest absolute Gasteiger partial charge is 0.341 e. The monoisotopic (exact) mass is 344 g/mol. The highest BCUT2D eigenvalue weighted by molar-refractivity contribution is 5.78. The Balaban J connectivity index is 1.71. The van der Waals surface area contributed by atoms with E-state index >= 15 is 0 Å². The van der Waals surface area contributed by atoms with Crippen LogP contribution in [0.2, 0.25) is 0 Å². The van der Waals surface area contributed by atoms with Crippen LogP contribution in [0, 0.1) is 0 Å². The Hall–Kier alpha value is -2.83. The minimum Gasteiger partial charge on any atom is -0.341 e. The minimum atomic E-state index is -2.61. The smallest absolute Gasteiger partial charge is 0.278 e. The number of rotatable bonds is 6. The summed E-state index contributed by atoms with van der Waals surface area (Å²) in [5.74, 6) is -0.116. The first-order chi connectivity index (χ1) is 12.1. The summed E-state index contributed by atoms with van der Waals surface area (Å²) in [7, 11) is 1.70. The van der Waals surface area contributed by atoms with Gasteiger partial charge in [0.2, 0.25) is 5.91 Å². The number of hydrogen-bond donors (Lipinski definition) is 0. The highest BCUT2D eigenvalue weighted by atomic mass is 19.3. The maximum Gasteiger partial charge on any atom is 0.278 e. The van der Waals surface area contributed by atoms with E-state index in [0.717, 1.165) is 5.56 Å². The van der Waals surface area contributed by atoms with Crippen molar-refractivity contribution in [3.05, 3.63) is 60.2 Å². The number of halogens is 2. The SMILES string of the molecule is CN(Cc1ccncc1)C(=O)CCn1c(C(F)F)cc2cccnc21. The van der Waals surface area contributed by atoms with Gasteiger partial charge in [0.1, 0.15) is 5.65 Å². The second-order valence-electron chi connectivity index (χ2n) is 5.79. The number of hydrogen-bond acceptors (Lipinski definition) is 3. The van der Waals surface area contributed by atoms with Gasteiger partial charge >= 0.3 is 0 Å². The van der Waals surface area contributed by atoms with Crippen molar-refractivity contribution in [3.63, 3.8) is 0 Å². The van der Waals surface area contributed by atoms with E-state index in [9.17, 15) is 13.6 Å². The van der Waals surface area contributed by atoms with Crippen LogP contribution < -0.4 is 0 Å². The molecule has 7 heteroatoms. The molecule has 0 spiro atoms. The van der Waals surface area contributed by atoms with Gasteiger partial charge in [0.05, 0.1) is 5.69 Å². The molecule has 5 nitrogen and oxygen atoms in total. The maximum absolute atomic E-state index is 13.3. The molecule has 130 valence electrons. The molecular formula is C18H18F2N4O. The second-order valence-corrected chi connectivity index (χ2v) is 5.79. The second kappa shape index (κ2) is 7.38. The van der Waals surface area contributed by atoms with Gasteiger partial charge in [-0.05, 0) is 35.9 Å². The number of pyridine rings is 2. The summed E-state index contributed by atoms with van der Waals surface area (Å²) >= 11 is 0. The van der Waals surface area contributed by atoms with Gasteiger partial charge in [-0.3, -0.25) is 9.78 Å². The van der Waals surface area contributed by atoms with Gasteiger partial charge < -0.3 is 9.47 Å². The van der Waals surface area contributed by atoms with Crippen molar-refractivity contribution in [1.29, 1.82) is 0 Å². The summed E-state index contributed by atoms with van der Waals surface area (Å²) in [6, 6.07) is 8.54. The molecule has 3 aromatic rings. The zero-order valence-electron chi connectivity index (χ0n) is 13.8. The van der Waals surface area contributed by atoms with Crippen LogP contribution in [-0.2, 0) is 17.9 Å². The maximum atomic E-state index is 13.3. The van der Waals surface area contributed by atoms with Crippen LogP contribution in [0.1, 0.15) is 24.1 Å². The summed E-state index contributed by atoms with van der Waals surface area (Å²) in [6.07, 6.45) is 2.41. The van der Waals surface area contributed by atoms with Crippen LogP contribution in [0.3, 0.4) is 0 Å². The lowest BCUT2D eigenvalue weighted by atomic mass is 10.2. The van der Waals surface area contributed by atoms with Crippen LogP contribution in [0.5, 0.6) is 0 Å². The first-order valence-corrected chi connectivity index (χ1v) is 7.91. The molecule has 0 N–H and O–H groups in total. The van der Waals surface area contributed by atoms with E-state index in [0.29, 0.717) is 17.6 Å². The van der Waals surface area contributed by atoms with E-state index < -0.39 is 6.43 Å². The molecule has 0 aromatic carbocycles. The molecular weight excluding hydrogens is 326 g/mol. The number of carbonyl (C=O) groups excluding carboxylic acids is 1. The Labute approximate surface area is 143 Å². The Bertz CT molecular complexity index is 864. The molecule has 1 amide bonds. The van der Waals surface area contributed by atoms with Crippen molar-refractivity contribution in [1.82, 2.24) is 19.4 Å². The number of fused-ring (bicyclic) bond motifs is 1. The molecule has 3 heterocycles. The molecule has 0 saturated heterocycles. The predicted octanol–water partition coefficient (Wildman–Crippen LogP) is 3.42. The fraction of sp³-hybridized carbons (Fsp3) is 0.278. The highest BCUT2D eigenvalue weighted by Crippen LogP contribution is 2.26. The Morgan fingerprint density at radius 1 is 1.24 bits per heavy atom. The number of aromatic nitrogens is 3. The lowest BCUT2D eigenvalue weighted by Crippen LogP contribution is -2.27. The van der Waals surface area contributed by atoms with Crippen molar-refractivity contribution in [2.24, 2.45) is 0 Å². The quantitative estimate of drug-likeness (QED) is 0.688. The van der Waals surface area contributed by atoms with Crippen LogP contribution in [0.25, 0.3) is 11.0 Å². The fourth-order valence-corrected chi connectivity index (χ4v) is 2.77. The molecule has 0 aliphatic rings. The molecule has 0 aliphatic heterocycles. The summed E-state index contributed by atoms with van der Waals surface area (Å²) in [5, 5.41) is 0.649. The molecule has 0 unspecified atom stereocenters. The lowest BCUT2D eigenvalue weighted by molar-refractivity contribution is -0.130. The predicted molar refractivity (Wildman–Crippen MR) is 90.0 cm³/mol. The summed E-state index contributed by atoms with van der Waals surface area (Å²) < 4.78 is 28.0. The molecule has 0 saturated carbocycles. The van der Waals surface area contributed by atoms with Gasteiger partial charge in [-0.15, -0.1) is 0 Å². The molecule has 0 fully saturated rings. The van der Waals surface area contributed by atoms with Crippen molar-refractivity contribution in [2.45, 2.75) is 25.9 Å².